The van der Waals surface area contributed by atoms with E-state index in [1.807, 2.05) is 18.2 Å². The van der Waals surface area contributed by atoms with Gasteiger partial charge in [0.05, 0.1) is 1.37 Å². The lowest BCUT2D eigenvalue weighted by molar-refractivity contribution is 0.426. The number of aliphatic imine (C=N–C) groups is 1. The van der Waals surface area contributed by atoms with Crippen LogP contribution in [-0.4, -0.2) is 12.2 Å². The van der Waals surface area contributed by atoms with E-state index in [2.05, 4.69) is 58.7 Å². The minimum Gasteiger partial charge on any atom is -0.288 e. The summed E-state index contributed by atoms with van der Waals surface area (Å²) in [5.74, 6) is 0. The summed E-state index contributed by atoms with van der Waals surface area (Å²) in [6.45, 7) is 12.2. The van der Waals surface area contributed by atoms with Gasteiger partial charge in [0.2, 0.25) is 0 Å². The fourth-order valence-corrected chi connectivity index (χ4v) is 1.56. The molecular formula is C16H25N. The molecule has 0 saturated carbocycles. The molecule has 0 fully saturated rings. The van der Waals surface area contributed by atoms with Gasteiger partial charge in [0, 0.05) is 17.6 Å². The van der Waals surface area contributed by atoms with E-state index in [-0.39, 0.29) is 10.8 Å². The van der Waals surface area contributed by atoms with Crippen molar-refractivity contribution in [2.24, 2.45) is 15.8 Å². The normalized spacial score (nSPS) is 16.6. The SMILES string of the molecule is [2H][C@@H](N=C(c1ccccc1)C(C)(C)C)C(C)(C)C. The van der Waals surface area contributed by atoms with Crippen molar-refractivity contribution < 1.29 is 1.37 Å². The topological polar surface area (TPSA) is 12.4 Å². The molecule has 0 bridgehead atoms. The van der Waals surface area contributed by atoms with Crippen molar-refractivity contribution >= 4 is 5.71 Å². The number of hydrogen-bond acceptors (Lipinski definition) is 1. The average molecular weight is 232 g/mol. The molecule has 1 aromatic rings. The highest BCUT2D eigenvalue weighted by Gasteiger charge is 2.21. The van der Waals surface area contributed by atoms with E-state index >= 15 is 0 Å². The third kappa shape index (κ3) is 4.72. The molecule has 94 valence electrons. The van der Waals surface area contributed by atoms with Crippen molar-refractivity contribution in [3.8, 4) is 0 Å². The maximum atomic E-state index is 8.20. The van der Waals surface area contributed by atoms with E-state index in [4.69, 9.17) is 1.37 Å². The first-order valence-corrected chi connectivity index (χ1v) is 6.18. The minimum absolute atomic E-state index is 0.0497. The van der Waals surface area contributed by atoms with Crippen LogP contribution in [0.3, 0.4) is 0 Å². The van der Waals surface area contributed by atoms with Crippen LogP contribution in [0.15, 0.2) is 35.3 Å². The van der Waals surface area contributed by atoms with E-state index in [0.717, 1.165) is 11.3 Å². The molecule has 1 atom stereocenters. The summed E-state index contributed by atoms with van der Waals surface area (Å²) in [6, 6.07) is 10.2. The van der Waals surface area contributed by atoms with Crippen molar-refractivity contribution in [1.29, 1.82) is 0 Å². The first-order valence-electron chi connectivity index (χ1n) is 6.76. The Labute approximate surface area is 107 Å². The molecule has 0 unspecified atom stereocenters. The van der Waals surface area contributed by atoms with Gasteiger partial charge < -0.3 is 0 Å². The number of benzene rings is 1. The maximum Gasteiger partial charge on any atom is 0.0520 e. The standard InChI is InChI=1S/C16H25N/c1-15(2,3)12-17-14(16(4,5)6)13-10-8-7-9-11-13/h7-11H,12H2,1-6H3/i12D/t12-/m1/s1. The highest BCUT2D eigenvalue weighted by atomic mass is 14.8. The molecule has 0 aliphatic carbocycles. The summed E-state index contributed by atoms with van der Waals surface area (Å²) in [5, 5.41) is 0. The van der Waals surface area contributed by atoms with Gasteiger partial charge in [-0.1, -0.05) is 71.9 Å². The second-order valence-electron chi connectivity index (χ2n) is 6.59. The molecule has 0 spiro atoms. The number of hydrogen-bond donors (Lipinski definition) is 0. The number of rotatable bonds is 2. The Kier molecular flexibility index (Phi) is 3.66. The molecule has 0 N–H and O–H groups in total. The summed E-state index contributed by atoms with van der Waals surface area (Å²) >= 11 is 0. The van der Waals surface area contributed by atoms with Gasteiger partial charge >= 0.3 is 0 Å². The van der Waals surface area contributed by atoms with Gasteiger partial charge in [-0.15, -0.1) is 0 Å². The van der Waals surface area contributed by atoms with Crippen LogP contribution in [0.1, 0.15) is 48.5 Å². The van der Waals surface area contributed by atoms with Crippen LogP contribution in [0.5, 0.6) is 0 Å². The van der Waals surface area contributed by atoms with Crippen LogP contribution in [0, 0.1) is 10.8 Å². The number of nitrogens with zero attached hydrogens (tertiary/aromatic N) is 1. The lowest BCUT2D eigenvalue weighted by Gasteiger charge is -2.24. The van der Waals surface area contributed by atoms with E-state index in [1.165, 1.54) is 0 Å². The monoisotopic (exact) mass is 232 g/mol. The Morgan fingerprint density at radius 2 is 1.59 bits per heavy atom. The molecule has 0 aliphatic heterocycles. The molecule has 0 aliphatic rings. The molecule has 17 heavy (non-hydrogen) atoms. The Bertz CT molecular complexity index is 407. The van der Waals surface area contributed by atoms with Gasteiger partial charge in [0.25, 0.3) is 0 Å². The van der Waals surface area contributed by atoms with E-state index in [0.29, 0.717) is 0 Å². The molecular weight excluding hydrogens is 206 g/mol. The molecule has 1 rings (SSSR count). The zero-order valence-corrected chi connectivity index (χ0v) is 11.9. The maximum absolute atomic E-state index is 8.20. The zero-order chi connectivity index (χ0) is 14.0. The van der Waals surface area contributed by atoms with Crippen LogP contribution in [0.2, 0.25) is 0 Å². The van der Waals surface area contributed by atoms with Crippen LogP contribution in [0.25, 0.3) is 0 Å². The Morgan fingerprint density at radius 3 is 2.00 bits per heavy atom. The molecule has 0 aromatic heterocycles. The highest BCUT2D eigenvalue weighted by Crippen LogP contribution is 2.23. The molecule has 1 heteroatoms. The second kappa shape index (κ2) is 5.03. The van der Waals surface area contributed by atoms with Crippen molar-refractivity contribution in [2.45, 2.75) is 41.5 Å². The van der Waals surface area contributed by atoms with Crippen molar-refractivity contribution in [3.05, 3.63) is 35.9 Å². The summed E-state index contributed by atoms with van der Waals surface area (Å²) in [5.41, 5.74) is 1.95. The summed E-state index contributed by atoms with van der Waals surface area (Å²) in [7, 11) is 0. The first-order chi connectivity index (χ1) is 8.12. The zero-order valence-electron chi connectivity index (χ0n) is 12.9. The molecule has 1 aromatic carbocycles. The van der Waals surface area contributed by atoms with E-state index in [1.54, 1.807) is 0 Å². The quantitative estimate of drug-likeness (QED) is 0.662. The smallest absolute Gasteiger partial charge is 0.0520 e. The van der Waals surface area contributed by atoms with Gasteiger partial charge in [0.15, 0.2) is 0 Å². The van der Waals surface area contributed by atoms with Gasteiger partial charge in [-0.05, 0) is 11.0 Å². The van der Waals surface area contributed by atoms with Crippen LogP contribution < -0.4 is 0 Å². The third-order valence-corrected chi connectivity index (χ3v) is 2.34. The summed E-state index contributed by atoms with van der Waals surface area (Å²) in [4.78, 5) is 4.67. The van der Waals surface area contributed by atoms with Crippen LogP contribution in [0.4, 0.5) is 0 Å². The predicted octanol–water partition coefficient (Wildman–Crippen LogP) is 4.57. The molecule has 0 heterocycles. The van der Waals surface area contributed by atoms with Gasteiger partial charge in [-0.2, -0.15) is 0 Å². The van der Waals surface area contributed by atoms with E-state index < -0.39 is 6.52 Å². The van der Waals surface area contributed by atoms with Crippen LogP contribution in [-0.2, 0) is 0 Å². The third-order valence-electron chi connectivity index (χ3n) is 2.34. The fraction of sp³-hybridized carbons (Fsp3) is 0.562. The van der Waals surface area contributed by atoms with E-state index in [9.17, 15) is 0 Å². The Balaban J connectivity index is 3.21. The fourth-order valence-electron chi connectivity index (χ4n) is 1.56. The average Bonchev–Trinajstić information content (AvgIpc) is 2.23. The minimum atomic E-state index is -0.438. The molecule has 0 radical (unpaired) electrons. The van der Waals surface area contributed by atoms with Crippen molar-refractivity contribution in [1.82, 2.24) is 0 Å². The Hall–Kier alpha value is -1.11. The molecule has 1 nitrogen and oxygen atoms in total. The summed E-state index contributed by atoms with van der Waals surface area (Å²) < 4.78 is 8.20. The Morgan fingerprint density at radius 1 is 1.06 bits per heavy atom. The lowest BCUT2D eigenvalue weighted by atomic mass is 9.85. The van der Waals surface area contributed by atoms with Gasteiger partial charge in [0.1, 0.15) is 0 Å². The van der Waals surface area contributed by atoms with Crippen molar-refractivity contribution in [3.63, 3.8) is 0 Å². The van der Waals surface area contributed by atoms with Crippen molar-refractivity contribution in [2.75, 3.05) is 6.52 Å². The lowest BCUT2D eigenvalue weighted by Crippen LogP contribution is -2.23. The first kappa shape index (κ1) is 12.3. The molecule has 0 saturated heterocycles. The van der Waals surface area contributed by atoms with Gasteiger partial charge in [-0.3, -0.25) is 4.99 Å². The largest absolute Gasteiger partial charge is 0.288 e. The predicted molar refractivity (Wildman–Crippen MR) is 76.8 cm³/mol. The second-order valence-corrected chi connectivity index (χ2v) is 6.59. The van der Waals surface area contributed by atoms with Crippen LogP contribution >= 0.6 is 0 Å². The molecule has 0 amide bonds. The summed E-state index contributed by atoms with van der Waals surface area (Å²) in [6.07, 6.45) is 0. The van der Waals surface area contributed by atoms with Gasteiger partial charge in [-0.25, -0.2) is 0 Å². The highest BCUT2D eigenvalue weighted by molar-refractivity contribution is 6.04.